The average molecular weight is 554 g/mol. The minimum absolute atomic E-state index is 0.220. The van der Waals surface area contributed by atoms with Crippen LogP contribution in [0.4, 0.5) is 11.4 Å². The molecule has 8 heteroatoms. The van der Waals surface area contributed by atoms with Crippen molar-refractivity contribution in [1.82, 2.24) is 14.5 Å². The lowest BCUT2D eigenvalue weighted by atomic mass is 9.93. The molecule has 40 heavy (non-hydrogen) atoms. The number of aromatic nitrogens is 3. The van der Waals surface area contributed by atoms with Crippen LogP contribution in [0, 0.1) is 6.92 Å². The molecule has 1 aliphatic heterocycles. The highest BCUT2D eigenvalue weighted by molar-refractivity contribution is 6.30. The molecular formula is C32H32ClN5O2. The molecule has 204 valence electrons. The van der Waals surface area contributed by atoms with Crippen molar-refractivity contribution in [3.8, 4) is 22.8 Å². The van der Waals surface area contributed by atoms with E-state index in [0.29, 0.717) is 11.1 Å². The minimum Gasteiger partial charge on any atom is -0.497 e. The Morgan fingerprint density at radius 3 is 2.45 bits per heavy atom. The van der Waals surface area contributed by atoms with Gasteiger partial charge in [-0.2, -0.15) is 0 Å². The molecular weight excluding hydrogens is 522 g/mol. The molecule has 2 aromatic carbocycles. The Morgan fingerprint density at radius 2 is 1.75 bits per heavy atom. The number of pyridine rings is 1. The van der Waals surface area contributed by atoms with Gasteiger partial charge in [-0.1, -0.05) is 11.6 Å². The molecule has 1 saturated carbocycles. The lowest BCUT2D eigenvalue weighted by molar-refractivity contribution is 0.0663. The number of halogens is 1. The van der Waals surface area contributed by atoms with Gasteiger partial charge in [0.05, 0.1) is 64.6 Å². The molecule has 7 nitrogen and oxygen atoms in total. The third kappa shape index (κ3) is 5.40. The fourth-order valence-corrected chi connectivity index (χ4v) is 5.50. The predicted molar refractivity (Wildman–Crippen MR) is 160 cm³/mol. The zero-order chi connectivity index (χ0) is 27.6. The normalized spacial score (nSPS) is 17.9. The summed E-state index contributed by atoms with van der Waals surface area (Å²) in [5.74, 6) is 0.765. The molecule has 0 radical (unpaired) electrons. The molecule has 0 spiro atoms. The van der Waals surface area contributed by atoms with Crippen LogP contribution in [-0.2, 0) is 4.74 Å². The van der Waals surface area contributed by atoms with Crippen molar-refractivity contribution in [2.45, 2.75) is 44.8 Å². The van der Waals surface area contributed by atoms with Crippen molar-refractivity contribution in [1.29, 1.82) is 0 Å². The van der Waals surface area contributed by atoms with E-state index in [2.05, 4.69) is 27.0 Å². The van der Waals surface area contributed by atoms with Crippen LogP contribution < -0.4 is 15.4 Å². The highest BCUT2D eigenvalue weighted by Crippen LogP contribution is 2.33. The molecule has 0 bridgehead atoms. The van der Waals surface area contributed by atoms with Crippen LogP contribution in [0.25, 0.3) is 28.1 Å². The van der Waals surface area contributed by atoms with Gasteiger partial charge in [0.25, 0.3) is 0 Å². The molecule has 0 atom stereocenters. The van der Waals surface area contributed by atoms with Crippen LogP contribution >= 0.6 is 11.6 Å². The van der Waals surface area contributed by atoms with Crippen molar-refractivity contribution in [2.24, 2.45) is 4.99 Å². The largest absolute Gasteiger partial charge is 0.497 e. The number of hydrogen-bond donors (Lipinski definition) is 1. The Morgan fingerprint density at radius 1 is 0.950 bits per heavy atom. The standard InChI is InChI=1S/C32H32ClN5O2/c1-20-4-7-23(19-34-20)36-28-17-30-32(18-29(28)35-22-8-12-25(39-2)13-9-22)38(24-10-5-21(33)6-11-24)31-16-26(40-3)14-15-27(31)37-30/h4-7,10-11,14-19,22,25,36H,8-9,12-13H2,1-3H3. The van der Waals surface area contributed by atoms with Gasteiger partial charge in [-0.3, -0.25) is 9.98 Å². The van der Waals surface area contributed by atoms with Gasteiger partial charge >= 0.3 is 0 Å². The van der Waals surface area contributed by atoms with Crippen molar-refractivity contribution < 1.29 is 9.47 Å². The first-order valence-electron chi connectivity index (χ1n) is 13.6. The SMILES string of the molecule is COc1ccc2nc3cc(Nc4ccc(C)nc4)c(=NC4CCC(OC)CC4)cc-3n(-c3ccc(Cl)cc3)c2c1. The summed E-state index contributed by atoms with van der Waals surface area (Å²) in [6, 6.07) is 22.3. The van der Waals surface area contributed by atoms with Gasteiger partial charge in [-0.05, 0) is 93.3 Å². The van der Waals surface area contributed by atoms with Gasteiger partial charge in [0.2, 0.25) is 0 Å². The Kier molecular flexibility index (Phi) is 7.41. The maximum Gasteiger partial charge on any atom is 0.121 e. The second-order valence-electron chi connectivity index (χ2n) is 10.2. The van der Waals surface area contributed by atoms with E-state index < -0.39 is 0 Å². The van der Waals surface area contributed by atoms with Gasteiger partial charge in [0.1, 0.15) is 5.75 Å². The first-order valence-corrected chi connectivity index (χ1v) is 14.0. The molecule has 0 saturated heterocycles. The minimum atomic E-state index is 0.220. The van der Waals surface area contributed by atoms with Crippen molar-refractivity contribution in [2.75, 3.05) is 19.5 Å². The molecule has 1 fully saturated rings. The molecule has 2 heterocycles. The van der Waals surface area contributed by atoms with Crippen molar-refractivity contribution in [3.05, 3.63) is 89.0 Å². The number of ether oxygens (including phenoxy) is 2. The maximum atomic E-state index is 6.27. The Labute approximate surface area is 238 Å². The summed E-state index contributed by atoms with van der Waals surface area (Å²) in [4.78, 5) is 14.8. The average Bonchev–Trinajstić information content (AvgIpc) is 2.98. The third-order valence-electron chi connectivity index (χ3n) is 7.57. The first kappa shape index (κ1) is 26.3. The number of aryl methyl sites for hydroxylation is 1. The van der Waals surface area contributed by atoms with Crippen LogP contribution in [0.3, 0.4) is 0 Å². The summed E-state index contributed by atoms with van der Waals surface area (Å²) in [5.41, 5.74) is 7.33. The molecule has 2 aliphatic carbocycles. The van der Waals surface area contributed by atoms with E-state index >= 15 is 0 Å². The van der Waals surface area contributed by atoms with Gasteiger partial charge in [0, 0.05) is 29.6 Å². The van der Waals surface area contributed by atoms with E-state index in [1.807, 2.05) is 67.7 Å². The van der Waals surface area contributed by atoms with Crippen LogP contribution in [0.1, 0.15) is 31.4 Å². The number of hydrogen-bond acceptors (Lipinski definition) is 6. The molecule has 1 aromatic heterocycles. The number of benzene rings is 3. The van der Waals surface area contributed by atoms with E-state index in [0.717, 1.165) is 82.0 Å². The van der Waals surface area contributed by atoms with Crippen molar-refractivity contribution >= 4 is 34.0 Å². The van der Waals surface area contributed by atoms with Gasteiger partial charge in [-0.15, -0.1) is 0 Å². The molecule has 0 amide bonds. The monoisotopic (exact) mass is 553 g/mol. The summed E-state index contributed by atoms with van der Waals surface area (Å²) in [5, 5.41) is 5.14. The quantitative estimate of drug-likeness (QED) is 0.227. The lowest BCUT2D eigenvalue weighted by Crippen LogP contribution is -2.25. The van der Waals surface area contributed by atoms with Crippen LogP contribution in [0.5, 0.6) is 5.75 Å². The number of rotatable bonds is 6. The predicted octanol–water partition coefficient (Wildman–Crippen LogP) is 7.10. The van der Waals surface area contributed by atoms with E-state index in [9.17, 15) is 0 Å². The fraction of sp³-hybridized carbons (Fsp3) is 0.281. The summed E-state index contributed by atoms with van der Waals surface area (Å²) in [6.07, 6.45) is 6.18. The van der Waals surface area contributed by atoms with Crippen LogP contribution in [0.2, 0.25) is 5.02 Å². The summed E-state index contributed by atoms with van der Waals surface area (Å²) >= 11 is 6.27. The second-order valence-corrected chi connectivity index (χ2v) is 10.7. The maximum absolute atomic E-state index is 6.27. The second kappa shape index (κ2) is 11.3. The Balaban J connectivity index is 1.59. The van der Waals surface area contributed by atoms with Crippen LogP contribution in [-0.4, -0.2) is 40.9 Å². The molecule has 3 aliphatic rings. The zero-order valence-electron chi connectivity index (χ0n) is 22.9. The molecule has 1 N–H and O–H groups in total. The number of nitrogens with zero attached hydrogens (tertiary/aromatic N) is 4. The van der Waals surface area contributed by atoms with Crippen molar-refractivity contribution in [3.63, 3.8) is 0 Å². The molecule has 3 aromatic rings. The summed E-state index contributed by atoms with van der Waals surface area (Å²) in [6.45, 7) is 1.98. The summed E-state index contributed by atoms with van der Waals surface area (Å²) < 4.78 is 13.4. The number of methoxy groups -OCH3 is 2. The number of anilines is 2. The highest BCUT2D eigenvalue weighted by Gasteiger charge is 2.22. The Hall–Kier alpha value is -3.94. The van der Waals surface area contributed by atoms with Gasteiger partial charge in [0.15, 0.2) is 0 Å². The lowest BCUT2D eigenvalue weighted by Gasteiger charge is -2.25. The highest BCUT2D eigenvalue weighted by atomic mass is 35.5. The van der Waals surface area contributed by atoms with E-state index in [-0.39, 0.29) is 6.04 Å². The fourth-order valence-electron chi connectivity index (χ4n) is 5.38. The van der Waals surface area contributed by atoms with Gasteiger partial charge < -0.3 is 19.4 Å². The Bertz CT molecular complexity index is 1670. The molecule has 0 unspecified atom stereocenters. The summed E-state index contributed by atoms with van der Waals surface area (Å²) in [7, 11) is 3.47. The number of fused-ring (bicyclic) bond motifs is 2. The van der Waals surface area contributed by atoms with E-state index in [4.69, 9.17) is 31.1 Å². The molecule has 6 rings (SSSR count). The first-order chi connectivity index (χ1) is 19.5. The topological polar surface area (TPSA) is 73.6 Å². The van der Waals surface area contributed by atoms with Crippen LogP contribution in [0.15, 0.2) is 77.9 Å². The third-order valence-corrected chi connectivity index (χ3v) is 7.82. The van der Waals surface area contributed by atoms with E-state index in [1.165, 1.54) is 0 Å². The zero-order valence-corrected chi connectivity index (χ0v) is 23.7. The van der Waals surface area contributed by atoms with E-state index in [1.54, 1.807) is 14.2 Å². The number of nitrogens with one attached hydrogen (secondary N) is 1. The smallest absolute Gasteiger partial charge is 0.121 e. The van der Waals surface area contributed by atoms with Gasteiger partial charge in [-0.25, -0.2) is 4.98 Å².